The summed E-state index contributed by atoms with van der Waals surface area (Å²) < 4.78 is 0. The normalized spacial score (nSPS) is 11.3. The van der Waals surface area contributed by atoms with Crippen LogP contribution < -0.4 is 4.90 Å². The van der Waals surface area contributed by atoms with Crippen molar-refractivity contribution in [2.45, 2.75) is 0 Å². The van der Waals surface area contributed by atoms with Crippen LogP contribution in [0, 0.1) is 0 Å². The Morgan fingerprint density at radius 2 is 0.791 bits per heavy atom. The Bertz CT molecular complexity index is 2220. The molecule has 1 nitrogen and oxygen atoms in total. The summed E-state index contributed by atoms with van der Waals surface area (Å²) in [6.45, 7) is 0. The van der Waals surface area contributed by atoms with Gasteiger partial charge < -0.3 is 4.90 Å². The summed E-state index contributed by atoms with van der Waals surface area (Å²) in [7, 11) is 0. The largest absolute Gasteiger partial charge is 0.309 e. The first-order valence-electron chi connectivity index (χ1n) is 14.8. The van der Waals surface area contributed by atoms with Crippen molar-refractivity contribution in [1.29, 1.82) is 0 Å². The highest BCUT2D eigenvalue weighted by Crippen LogP contribution is 2.49. The number of hydrogen-bond donors (Lipinski definition) is 0. The summed E-state index contributed by atoms with van der Waals surface area (Å²) in [4.78, 5) is 2.44. The smallest absolute Gasteiger partial charge is 0.0624 e. The first kappa shape index (κ1) is 25.1. The lowest BCUT2D eigenvalue weighted by molar-refractivity contribution is 1.30. The topological polar surface area (TPSA) is 3.24 Å². The molecular formula is C42H29N. The van der Waals surface area contributed by atoms with Crippen molar-refractivity contribution >= 4 is 49.4 Å². The molecule has 0 N–H and O–H groups in total. The summed E-state index contributed by atoms with van der Waals surface area (Å²) in [6.07, 6.45) is 0. The fourth-order valence-electron chi connectivity index (χ4n) is 6.41. The number of anilines is 3. The molecule has 0 radical (unpaired) electrons. The molecule has 0 aliphatic rings. The zero-order valence-electron chi connectivity index (χ0n) is 23.7. The molecule has 0 aliphatic carbocycles. The lowest BCUT2D eigenvalue weighted by Gasteiger charge is -2.30. The molecule has 43 heavy (non-hydrogen) atoms. The van der Waals surface area contributed by atoms with Gasteiger partial charge in [0.2, 0.25) is 0 Å². The van der Waals surface area contributed by atoms with Crippen LogP contribution in [0.1, 0.15) is 0 Å². The van der Waals surface area contributed by atoms with Crippen LogP contribution in [-0.2, 0) is 0 Å². The highest BCUT2D eigenvalue weighted by Gasteiger charge is 2.23. The number of rotatable bonds is 5. The minimum absolute atomic E-state index is 1.12. The van der Waals surface area contributed by atoms with Gasteiger partial charge in [-0.1, -0.05) is 146 Å². The average Bonchev–Trinajstić information content (AvgIpc) is 3.09. The zero-order chi connectivity index (χ0) is 28.6. The highest BCUT2D eigenvalue weighted by atomic mass is 15.1. The molecule has 202 valence electrons. The third kappa shape index (κ3) is 4.43. The first-order chi connectivity index (χ1) is 21.3. The van der Waals surface area contributed by atoms with Gasteiger partial charge in [0.15, 0.2) is 0 Å². The molecule has 0 saturated heterocycles. The summed E-state index contributed by atoms with van der Waals surface area (Å²) in [5, 5.41) is 7.46. The molecule has 0 aromatic heterocycles. The van der Waals surface area contributed by atoms with Gasteiger partial charge in [-0.15, -0.1) is 0 Å². The van der Waals surface area contributed by atoms with E-state index in [1.165, 1.54) is 60.3 Å². The number of para-hydroxylation sites is 1. The quantitative estimate of drug-likeness (QED) is 0.194. The number of fused-ring (bicyclic) bond motifs is 4. The molecule has 8 aromatic rings. The Morgan fingerprint density at radius 1 is 0.302 bits per heavy atom. The van der Waals surface area contributed by atoms with E-state index in [0.29, 0.717) is 0 Å². The van der Waals surface area contributed by atoms with Crippen LogP contribution in [0.2, 0.25) is 0 Å². The van der Waals surface area contributed by atoms with Crippen LogP contribution in [0.4, 0.5) is 17.1 Å². The molecule has 0 heterocycles. The van der Waals surface area contributed by atoms with Crippen molar-refractivity contribution in [1.82, 2.24) is 0 Å². The van der Waals surface area contributed by atoms with Crippen LogP contribution in [0.15, 0.2) is 176 Å². The highest BCUT2D eigenvalue weighted by molar-refractivity contribution is 6.22. The summed E-state index contributed by atoms with van der Waals surface area (Å²) in [5.41, 5.74) is 8.28. The van der Waals surface area contributed by atoms with Crippen molar-refractivity contribution in [3.05, 3.63) is 176 Å². The van der Waals surface area contributed by atoms with E-state index in [1.54, 1.807) is 0 Å². The van der Waals surface area contributed by atoms with Crippen LogP contribution in [0.25, 0.3) is 54.6 Å². The minimum atomic E-state index is 1.12. The van der Waals surface area contributed by atoms with E-state index < -0.39 is 0 Å². The molecule has 0 amide bonds. The molecular weight excluding hydrogens is 518 g/mol. The molecule has 0 aliphatic heterocycles. The van der Waals surface area contributed by atoms with Gasteiger partial charge in [0.1, 0.15) is 0 Å². The maximum Gasteiger partial charge on any atom is 0.0624 e. The van der Waals surface area contributed by atoms with Crippen molar-refractivity contribution in [2.75, 3.05) is 4.90 Å². The molecule has 8 aromatic carbocycles. The monoisotopic (exact) mass is 547 g/mol. The molecule has 0 fully saturated rings. The van der Waals surface area contributed by atoms with E-state index in [1.807, 2.05) is 0 Å². The van der Waals surface area contributed by atoms with Crippen molar-refractivity contribution in [2.24, 2.45) is 0 Å². The van der Waals surface area contributed by atoms with E-state index >= 15 is 0 Å². The molecule has 0 unspecified atom stereocenters. The van der Waals surface area contributed by atoms with E-state index in [0.717, 1.165) is 11.4 Å². The van der Waals surface area contributed by atoms with Crippen LogP contribution in [0.3, 0.4) is 0 Å². The maximum absolute atomic E-state index is 2.44. The first-order valence-corrected chi connectivity index (χ1v) is 14.8. The average molecular weight is 548 g/mol. The Kier molecular flexibility index (Phi) is 6.20. The Morgan fingerprint density at radius 3 is 1.51 bits per heavy atom. The molecule has 0 spiro atoms. The summed E-state index contributed by atoms with van der Waals surface area (Å²) in [6, 6.07) is 63.5. The lowest BCUT2D eigenvalue weighted by atomic mass is 9.89. The van der Waals surface area contributed by atoms with Gasteiger partial charge in [0.25, 0.3) is 0 Å². The number of nitrogens with zero attached hydrogens (tertiary/aromatic N) is 1. The summed E-state index contributed by atoms with van der Waals surface area (Å²) in [5.74, 6) is 0. The molecule has 8 rings (SSSR count). The van der Waals surface area contributed by atoms with Gasteiger partial charge in [-0.05, 0) is 74.0 Å². The Labute approximate surface area is 251 Å². The zero-order valence-corrected chi connectivity index (χ0v) is 23.7. The third-order valence-corrected chi connectivity index (χ3v) is 8.41. The van der Waals surface area contributed by atoms with Crippen LogP contribution in [0.5, 0.6) is 0 Å². The van der Waals surface area contributed by atoms with Gasteiger partial charge in [0.05, 0.1) is 5.69 Å². The fourth-order valence-corrected chi connectivity index (χ4v) is 6.41. The Balaban J connectivity index is 1.47. The molecule has 1 heteroatoms. The van der Waals surface area contributed by atoms with Crippen molar-refractivity contribution in [3.63, 3.8) is 0 Å². The number of hydrogen-bond acceptors (Lipinski definition) is 1. The maximum atomic E-state index is 2.44. The Hall–Kier alpha value is -5.66. The summed E-state index contributed by atoms with van der Waals surface area (Å²) >= 11 is 0. The second-order valence-corrected chi connectivity index (χ2v) is 11.0. The minimum Gasteiger partial charge on any atom is -0.309 e. The molecule has 0 bridgehead atoms. The van der Waals surface area contributed by atoms with Crippen molar-refractivity contribution < 1.29 is 0 Å². The second-order valence-electron chi connectivity index (χ2n) is 11.0. The molecule has 0 atom stereocenters. The van der Waals surface area contributed by atoms with Crippen molar-refractivity contribution in [3.8, 4) is 22.3 Å². The van der Waals surface area contributed by atoms with E-state index in [4.69, 9.17) is 0 Å². The fraction of sp³-hybridized carbons (Fsp3) is 0. The third-order valence-electron chi connectivity index (χ3n) is 8.41. The van der Waals surface area contributed by atoms with Crippen LogP contribution in [-0.4, -0.2) is 0 Å². The van der Waals surface area contributed by atoms with Gasteiger partial charge in [-0.3, -0.25) is 0 Å². The SMILES string of the molecule is c1ccc(-c2ccc(N(c3ccccc3)c3c(-c4ccc5ccccc5c4)c4ccccc4c4ccccc34)cc2)cc1. The lowest BCUT2D eigenvalue weighted by Crippen LogP contribution is -2.12. The second kappa shape index (κ2) is 10.6. The van der Waals surface area contributed by atoms with E-state index in [-0.39, 0.29) is 0 Å². The molecule has 0 saturated carbocycles. The predicted octanol–water partition coefficient (Wildman–Crippen LogP) is 11.9. The number of benzene rings is 8. The predicted molar refractivity (Wildman–Crippen MR) is 185 cm³/mol. The van der Waals surface area contributed by atoms with E-state index in [9.17, 15) is 0 Å². The van der Waals surface area contributed by atoms with Gasteiger partial charge in [-0.25, -0.2) is 0 Å². The standard InChI is InChI=1S/C42H29N/c1-3-13-30(14-4-1)32-25-27-36(28-26-32)43(35-17-5-2-6-18-35)42-40-22-12-10-20-38(40)37-19-9-11-21-39(37)41(42)34-24-23-31-15-7-8-16-33(31)29-34/h1-29H. The van der Waals surface area contributed by atoms with Gasteiger partial charge in [0, 0.05) is 22.3 Å². The van der Waals surface area contributed by atoms with Gasteiger partial charge in [-0.2, -0.15) is 0 Å². The van der Waals surface area contributed by atoms with Crippen LogP contribution >= 0.6 is 0 Å². The van der Waals surface area contributed by atoms with Gasteiger partial charge >= 0.3 is 0 Å². The van der Waals surface area contributed by atoms with E-state index in [2.05, 4.69) is 181 Å².